The van der Waals surface area contributed by atoms with E-state index in [1.54, 1.807) is 23.1 Å². The zero-order valence-corrected chi connectivity index (χ0v) is 17.1. The number of fused-ring (bicyclic) bond motifs is 1. The third-order valence-electron chi connectivity index (χ3n) is 5.36. The highest BCUT2D eigenvalue weighted by Crippen LogP contribution is 2.29. The molecule has 0 radical (unpaired) electrons. The van der Waals surface area contributed by atoms with Gasteiger partial charge in [0.1, 0.15) is 0 Å². The first-order valence-corrected chi connectivity index (χ1v) is 9.80. The van der Waals surface area contributed by atoms with E-state index in [0.29, 0.717) is 42.1 Å². The van der Waals surface area contributed by atoms with E-state index in [4.69, 9.17) is 9.15 Å². The van der Waals surface area contributed by atoms with Crippen molar-refractivity contribution in [2.24, 2.45) is 0 Å². The smallest absolute Gasteiger partial charge is 0.417 e. The van der Waals surface area contributed by atoms with Gasteiger partial charge in [0.15, 0.2) is 23.0 Å². The maximum Gasteiger partial charge on any atom is 0.417 e. The Morgan fingerprint density at radius 3 is 2.68 bits per heavy atom. The molecule has 0 spiro atoms. The fourth-order valence-electron chi connectivity index (χ4n) is 3.82. The number of nitrogens with one attached hydrogen (secondary N) is 2. The van der Waals surface area contributed by atoms with Crippen LogP contribution in [0.1, 0.15) is 6.92 Å². The van der Waals surface area contributed by atoms with Crippen LogP contribution >= 0.6 is 0 Å². The molecule has 1 amide bonds. The predicted molar refractivity (Wildman–Crippen MR) is 112 cm³/mol. The molecule has 0 aliphatic carbocycles. The van der Waals surface area contributed by atoms with Crippen molar-refractivity contribution in [3.8, 4) is 5.75 Å². The molecule has 31 heavy (non-hydrogen) atoms. The number of aromatic amines is 1. The molecule has 8 nitrogen and oxygen atoms in total. The second kappa shape index (κ2) is 8.29. The van der Waals surface area contributed by atoms with Crippen molar-refractivity contribution in [3.63, 3.8) is 0 Å². The minimum Gasteiger partial charge on any atom is -0.491 e. The van der Waals surface area contributed by atoms with Crippen LogP contribution in [0.4, 0.5) is 20.2 Å². The summed E-state index contributed by atoms with van der Waals surface area (Å²) < 4.78 is 37.9. The second-order valence-corrected chi connectivity index (χ2v) is 7.40. The van der Waals surface area contributed by atoms with Crippen LogP contribution in [-0.4, -0.2) is 55.1 Å². The summed E-state index contributed by atoms with van der Waals surface area (Å²) in [5.74, 6) is -2.57. The van der Waals surface area contributed by atoms with Crippen molar-refractivity contribution in [2.45, 2.75) is 13.0 Å². The number of carbonyl (C=O) groups is 1. The zero-order valence-electron chi connectivity index (χ0n) is 17.1. The molecule has 1 atom stereocenters. The fourth-order valence-corrected chi connectivity index (χ4v) is 3.82. The van der Waals surface area contributed by atoms with Gasteiger partial charge in [-0.3, -0.25) is 9.78 Å². The Labute approximate surface area is 176 Å². The lowest BCUT2D eigenvalue weighted by molar-refractivity contribution is -0.130. The molecule has 4 rings (SSSR count). The van der Waals surface area contributed by atoms with Crippen LogP contribution in [0, 0.1) is 11.6 Å². The second-order valence-electron chi connectivity index (χ2n) is 7.40. The van der Waals surface area contributed by atoms with Crippen molar-refractivity contribution in [1.82, 2.24) is 9.88 Å². The summed E-state index contributed by atoms with van der Waals surface area (Å²) in [7, 11) is 1.22. The quantitative estimate of drug-likeness (QED) is 0.644. The summed E-state index contributed by atoms with van der Waals surface area (Å²) in [6, 6.07) is 7.44. The summed E-state index contributed by atoms with van der Waals surface area (Å²) in [4.78, 5) is 30.0. The highest BCUT2D eigenvalue weighted by atomic mass is 19.1. The third-order valence-corrected chi connectivity index (χ3v) is 5.36. The molecule has 1 aliphatic rings. The summed E-state index contributed by atoms with van der Waals surface area (Å²) >= 11 is 0. The van der Waals surface area contributed by atoms with Crippen molar-refractivity contribution in [1.29, 1.82) is 0 Å². The number of hydrogen-bond donors (Lipinski definition) is 2. The first-order chi connectivity index (χ1) is 14.9. The monoisotopic (exact) mass is 432 g/mol. The van der Waals surface area contributed by atoms with Crippen LogP contribution in [0.25, 0.3) is 11.1 Å². The van der Waals surface area contributed by atoms with E-state index in [1.165, 1.54) is 19.2 Å². The van der Waals surface area contributed by atoms with Crippen LogP contribution in [0.2, 0.25) is 0 Å². The SMILES string of the molecule is COc1c(F)cc(N2CCN(C(=O)CNc3ccc4[nH]c(=O)oc4c3)C[C@H]2C)cc1F. The van der Waals surface area contributed by atoms with Crippen LogP contribution in [0.15, 0.2) is 39.5 Å². The van der Waals surface area contributed by atoms with Gasteiger partial charge in [-0.1, -0.05) is 0 Å². The van der Waals surface area contributed by atoms with Gasteiger partial charge in [-0.25, -0.2) is 13.6 Å². The Kier molecular flexibility index (Phi) is 5.53. The number of oxazole rings is 1. The fraction of sp³-hybridized carbons (Fsp3) is 0.333. The average Bonchev–Trinajstić information content (AvgIpc) is 3.10. The molecule has 10 heteroatoms. The van der Waals surface area contributed by atoms with Crippen LogP contribution in [0.3, 0.4) is 0 Å². The molecule has 0 bridgehead atoms. The molecule has 1 aliphatic heterocycles. The Hall–Kier alpha value is -3.56. The Balaban J connectivity index is 1.37. The number of amides is 1. The van der Waals surface area contributed by atoms with Crippen molar-refractivity contribution < 1.29 is 22.7 Å². The number of hydrogen-bond acceptors (Lipinski definition) is 6. The molecule has 1 aromatic heterocycles. The number of aromatic nitrogens is 1. The van der Waals surface area contributed by atoms with Gasteiger partial charge >= 0.3 is 5.76 Å². The van der Waals surface area contributed by atoms with E-state index in [-0.39, 0.29) is 18.5 Å². The molecule has 2 heterocycles. The van der Waals surface area contributed by atoms with E-state index >= 15 is 0 Å². The van der Waals surface area contributed by atoms with E-state index in [9.17, 15) is 18.4 Å². The lowest BCUT2D eigenvalue weighted by atomic mass is 10.1. The number of carbonyl (C=O) groups excluding carboxylic acids is 1. The maximum atomic E-state index is 14.1. The number of ether oxygens (including phenoxy) is 1. The van der Waals surface area contributed by atoms with E-state index in [1.807, 2.05) is 11.8 Å². The number of nitrogens with zero attached hydrogens (tertiary/aromatic N) is 2. The van der Waals surface area contributed by atoms with Gasteiger partial charge in [-0.05, 0) is 19.1 Å². The van der Waals surface area contributed by atoms with Crippen molar-refractivity contribution >= 4 is 28.4 Å². The van der Waals surface area contributed by atoms with Crippen LogP contribution in [-0.2, 0) is 4.79 Å². The summed E-state index contributed by atoms with van der Waals surface area (Å²) in [5.41, 5.74) is 2.05. The topological polar surface area (TPSA) is 90.8 Å². The number of benzene rings is 2. The zero-order chi connectivity index (χ0) is 22.1. The van der Waals surface area contributed by atoms with Gasteiger partial charge in [-0.15, -0.1) is 0 Å². The standard InChI is InChI=1S/C21H22F2N4O4/c1-12-11-26(5-6-27(12)14-8-15(22)20(30-2)16(23)9-14)19(28)10-24-13-3-4-17-18(7-13)31-21(29)25-17/h3-4,7-9,12,24H,5-6,10-11H2,1-2H3,(H,25,29)/t12-/m1/s1. The lowest BCUT2D eigenvalue weighted by Gasteiger charge is -2.41. The van der Waals surface area contributed by atoms with E-state index in [2.05, 4.69) is 10.3 Å². The summed E-state index contributed by atoms with van der Waals surface area (Å²) in [6.07, 6.45) is 0. The van der Waals surface area contributed by atoms with Gasteiger partial charge < -0.3 is 24.3 Å². The minimum atomic E-state index is -0.761. The number of piperazine rings is 1. The Morgan fingerprint density at radius 1 is 1.26 bits per heavy atom. The highest BCUT2D eigenvalue weighted by molar-refractivity contribution is 5.83. The molecular formula is C21H22F2N4O4. The minimum absolute atomic E-state index is 0.0681. The number of methoxy groups -OCH3 is 1. The van der Waals surface area contributed by atoms with E-state index in [0.717, 1.165) is 0 Å². The van der Waals surface area contributed by atoms with Crippen molar-refractivity contribution in [3.05, 3.63) is 52.5 Å². The average molecular weight is 432 g/mol. The van der Waals surface area contributed by atoms with Crippen molar-refractivity contribution in [2.75, 3.05) is 43.5 Å². The molecular weight excluding hydrogens is 410 g/mol. The van der Waals surface area contributed by atoms with Gasteiger partial charge in [0, 0.05) is 55.2 Å². The first-order valence-electron chi connectivity index (χ1n) is 9.80. The van der Waals surface area contributed by atoms with E-state index < -0.39 is 23.1 Å². The summed E-state index contributed by atoms with van der Waals surface area (Å²) in [6.45, 7) is 3.25. The van der Waals surface area contributed by atoms with Gasteiger partial charge in [0.2, 0.25) is 5.91 Å². The molecule has 0 unspecified atom stereocenters. The predicted octanol–water partition coefficient (Wildman–Crippen LogP) is 2.56. The molecule has 164 valence electrons. The van der Waals surface area contributed by atoms with Crippen LogP contribution in [0.5, 0.6) is 5.75 Å². The largest absolute Gasteiger partial charge is 0.491 e. The van der Waals surface area contributed by atoms with Gasteiger partial charge in [0.05, 0.1) is 19.2 Å². The Morgan fingerprint density at radius 2 is 2.00 bits per heavy atom. The van der Waals surface area contributed by atoms with Crippen LogP contribution < -0.4 is 20.7 Å². The first kappa shape index (κ1) is 20.7. The number of halogens is 2. The lowest BCUT2D eigenvalue weighted by Crippen LogP contribution is -2.54. The molecule has 3 aromatic rings. The third kappa shape index (κ3) is 4.18. The summed E-state index contributed by atoms with van der Waals surface area (Å²) in [5, 5.41) is 3.03. The molecule has 2 aromatic carbocycles. The molecule has 1 fully saturated rings. The van der Waals surface area contributed by atoms with Gasteiger partial charge in [0.25, 0.3) is 0 Å². The Bertz CT molecular complexity index is 1150. The molecule has 1 saturated heterocycles. The highest BCUT2D eigenvalue weighted by Gasteiger charge is 2.28. The van der Waals surface area contributed by atoms with Gasteiger partial charge in [-0.2, -0.15) is 0 Å². The molecule has 0 saturated carbocycles. The normalized spacial score (nSPS) is 16.6. The number of H-pyrrole nitrogens is 1. The number of anilines is 2. The molecule has 2 N–H and O–H groups in total. The maximum absolute atomic E-state index is 14.1. The number of rotatable bonds is 5.